The Morgan fingerprint density at radius 1 is 0.565 bits per heavy atom. The van der Waals surface area contributed by atoms with Crippen LogP contribution in [-0.4, -0.2) is 18.8 Å². The molecule has 116 valence electrons. The van der Waals surface area contributed by atoms with E-state index >= 15 is 0 Å². The van der Waals surface area contributed by atoms with Gasteiger partial charge in [0.15, 0.2) is 0 Å². The zero-order valence-electron chi connectivity index (χ0n) is 13.9. The van der Waals surface area contributed by atoms with E-state index in [-0.39, 0.29) is 0 Å². The van der Waals surface area contributed by atoms with Crippen LogP contribution in [0.3, 0.4) is 0 Å². The van der Waals surface area contributed by atoms with E-state index in [1.165, 1.54) is 22.3 Å². The van der Waals surface area contributed by atoms with Gasteiger partial charge in [0.05, 0.1) is 0 Å². The van der Waals surface area contributed by atoms with Gasteiger partial charge in [0, 0.05) is 0 Å². The first-order valence-corrected chi connectivity index (χ1v) is 17.7. The topological polar surface area (TPSA) is 9.23 Å². The molecule has 3 aromatic rings. The van der Waals surface area contributed by atoms with Crippen molar-refractivity contribution in [3.63, 3.8) is 0 Å². The maximum absolute atomic E-state index is 6.58. The first kappa shape index (κ1) is 16.1. The van der Waals surface area contributed by atoms with Crippen molar-refractivity contribution in [2.45, 2.75) is 14.8 Å². The van der Waals surface area contributed by atoms with Crippen LogP contribution < -0.4 is 3.07 Å². The molecule has 0 spiro atoms. The fourth-order valence-corrected chi connectivity index (χ4v) is 5.02. The first-order valence-electron chi connectivity index (χ1n) is 7.97. The molecule has 0 saturated heterocycles. The fraction of sp³-hybridized carbons (Fsp3) is 0.143. The monoisotopic (exact) mass is 410 g/mol. The van der Waals surface area contributed by atoms with Crippen LogP contribution in [0.1, 0.15) is 0 Å². The third-order valence-electron chi connectivity index (χ3n) is 3.59. The first-order chi connectivity index (χ1) is 11.0. The Labute approximate surface area is 143 Å². The molecule has 23 heavy (non-hydrogen) atoms. The minimum atomic E-state index is -2.48. The van der Waals surface area contributed by atoms with Gasteiger partial charge in [-0.05, 0) is 0 Å². The van der Waals surface area contributed by atoms with Crippen LogP contribution in [0.15, 0.2) is 78.9 Å². The number of hydrogen-bond acceptors (Lipinski definition) is 1. The summed E-state index contributed by atoms with van der Waals surface area (Å²) < 4.78 is 6.58. The third kappa shape index (κ3) is 3.97. The van der Waals surface area contributed by atoms with E-state index in [0.717, 1.165) is 5.75 Å². The summed E-state index contributed by atoms with van der Waals surface area (Å²) in [6, 6.07) is 27.4. The van der Waals surface area contributed by atoms with Crippen molar-refractivity contribution in [2.24, 2.45) is 0 Å². The molecule has 0 aliphatic carbocycles. The Morgan fingerprint density at radius 2 is 1.00 bits per heavy atom. The Kier molecular flexibility index (Phi) is 4.76. The second-order valence-electron chi connectivity index (χ2n) is 6.63. The maximum atomic E-state index is 6.58. The van der Waals surface area contributed by atoms with Crippen LogP contribution in [0.5, 0.6) is 5.75 Å². The SMILES string of the molecule is [CH3][Sn]([CH3])([CH3])[O]c1c(-c2ccccc2)cccc1-c1ccccc1. The van der Waals surface area contributed by atoms with E-state index in [4.69, 9.17) is 3.07 Å². The summed E-state index contributed by atoms with van der Waals surface area (Å²) in [6.45, 7) is 0. The van der Waals surface area contributed by atoms with Gasteiger partial charge in [-0.3, -0.25) is 0 Å². The van der Waals surface area contributed by atoms with Gasteiger partial charge in [0.2, 0.25) is 0 Å². The molecule has 0 bridgehead atoms. The van der Waals surface area contributed by atoms with Crippen molar-refractivity contribution in [3.8, 4) is 28.0 Å². The Bertz CT molecular complexity index is 716. The van der Waals surface area contributed by atoms with Crippen LogP contribution in [0.25, 0.3) is 22.3 Å². The number of hydrogen-bond donors (Lipinski definition) is 0. The molecule has 3 aromatic carbocycles. The molecule has 0 heterocycles. The number of para-hydroxylation sites is 1. The molecule has 1 nitrogen and oxygen atoms in total. The molecule has 0 amide bonds. The third-order valence-corrected chi connectivity index (χ3v) is 5.92. The number of rotatable bonds is 4. The molecule has 0 atom stereocenters. The van der Waals surface area contributed by atoms with Gasteiger partial charge < -0.3 is 0 Å². The summed E-state index contributed by atoms with van der Waals surface area (Å²) >= 11 is -2.48. The van der Waals surface area contributed by atoms with Gasteiger partial charge in [-0.15, -0.1) is 0 Å². The van der Waals surface area contributed by atoms with Crippen LogP contribution in [0.2, 0.25) is 14.8 Å². The molecule has 0 N–H and O–H groups in total. The fourth-order valence-electron chi connectivity index (χ4n) is 2.64. The average Bonchev–Trinajstić information content (AvgIpc) is 2.55. The molecular formula is C21H22OSn. The van der Waals surface area contributed by atoms with E-state index in [0.29, 0.717) is 0 Å². The van der Waals surface area contributed by atoms with Gasteiger partial charge in [0.1, 0.15) is 0 Å². The molecule has 0 unspecified atom stereocenters. The molecule has 0 aliphatic heterocycles. The summed E-state index contributed by atoms with van der Waals surface area (Å²) in [5.74, 6) is 1.04. The van der Waals surface area contributed by atoms with Crippen molar-refractivity contribution in [2.75, 3.05) is 0 Å². The molecule has 0 fully saturated rings. The molecule has 2 heteroatoms. The molecular weight excluding hydrogens is 387 g/mol. The Balaban J connectivity index is 2.21. The van der Waals surface area contributed by atoms with E-state index in [2.05, 4.69) is 81.5 Å². The van der Waals surface area contributed by atoms with Crippen LogP contribution in [-0.2, 0) is 0 Å². The van der Waals surface area contributed by atoms with Crippen molar-refractivity contribution in [3.05, 3.63) is 78.9 Å². The van der Waals surface area contributed by atoms with Gasteiger partial charge in [0.25, 0.3) is 0 Å². The predicted molar refractivity (Wildman–Crippen MR) is 101 cm³/mol. The second-order valence-corrected chi connectivity index (χ2v) is 19.3. The second kappa shape index (κ2) is 6.79. The summed E-state index contributed by atoms with van der Waals surface area (Å²) in [4.78, 5) is 6.89. The van der Waals surface area contributed by atoms with Crippen LogP contribution >= 0.6 is 0 Å². The quantitative estimate of drug-likeness (QED) is 0.464. The van der Waals surface area contributed by atoms with E-state index in [1.54, 1.807) is 0 Å². The van der Waals surface area contributed by atoms with Crippen LogP contribution in [0, 0.1) is 0 Å². The summed E-state index contributed by atoms with van der Waals surface area (Å²) in [5, 5.41) is 0. The van der Waals surface area contributed by atoms with Crippen LogP contribution in [0.4, 0.5) is 0 Å². The summed E-state index contributed by atoms with van der Waals surface area (Å²) in [6.07, 6.45) is 0. The Hall–Kier alpha value is -1.74. The van der Waals surface area contributed by atoms with Crippen molar-refractivity contribution >= 4 is 18.8 Å². The molecule has 0 aliphatic rings. The zero-order chi connectivity index (χ0) is 16.3. The standard InChI is InChI=1S/C18H14O.3CH3.Sn/c19-18-16(14-8-3-1-4-9-14)12-7-13-17(18)15-10-5-2-6-11-15;;;;/h1-13,19H;3*1H3;/q;;;;+1/p-1. The van der Waals surface area contributed by atoms with Gasteiger partial charge >= 0.3 is 144 Å². The van der Waals surface area contributed by atoms with Gasteiger partial charge in [-0.2, -0.15) is 0 Å². The van der Waals surface area contributed by atoms with Crippen molar-refractivity contribution in [1.29, 1.82) is 0 Å². The molecule has 0 aromatic heterocycles. The molecule has 0 radical (unpaired) electrons. The molecule has 3 rings (SSSR count). The number of benzene rings is 3. The van der Waals surface area contributed by atoms with Gasteiger partial charge in [-0.1, -0.05) is 0 Å². The van der Waals surface area contributed by atoms with E-state index in [1.807, 2.05) is 12.1 Å². The van der Waals surface area contributed by atoms with Crippen molar-refractivity contribution < 1.29 is 3.07 Å². The van der Waals surface area contributed by atoms with Gasteiger partial charge in [-0.25, -0.2) is 0 Å². The van der Waals surface area contributed by atoms with Crippen molar-refractivity contribution in [1.82, 2.24) is 0 Å². The zero-order valence-corrected chi connectivity index (χ0v) is 16.8. The minimum absolute atomic E-state index is 1.04. The van der Waals surface area contributed by atoms with E-state index < -0.39 is 18.8 Å². The predicted octanol–water partition coefficient (Wildman–Crippen LogP) is 6.23. The summed E-state index contributed by atoms with van der Waals surface area (Å²) in [7, 11) is 0. The van der Waals surface area contributed by atoms with E-state index in [9.17, 15) is 0 Å². The normalized spacial score (nSPS) is 11.3. The summed E-state index contributed by atoms with van der Waals surface area (Å²) in [5.41, 5.74) is 4.77. The average molecular weight is 409 g/mol. The Morgan fingerprint density at radius 3 is 1.39 bits per heavy atom. The molecule has 0 saturated carbocycles.